The lowest BCUT2D eigenvalue weighted by atomic mass is 9.86. The van der Waals surface area contributed by atoms with Crippen LogP contribution in [0.15, 0.2) is 36.4 Å². The van der Waals surface area contributed by atoms with E-state index in [0.717, 1.165) is 29.5 Å². The Morgan fingerprint density at radius 2 is 2.04 bits per heavy atom. The van der Waals surface area contributed by atoms with Crippen LogP contribution in [0, 0.1) is 0 Å². The van der Waals surface area contributed by atoms with Gasteiger partial charge in [0.25, 0.3) is 0 Å². The molecule has 5 nitrogen and oxygen atoms in total. The Morgan fingerprint density at radius 3 is 2.79 bits per heavy atom. The maximum atomic E-state index is 12.0. The van der Waals surface area contributed by atoms with Crippen LogP contribution < -0.4 is 4.74 Å². The van der Waals surface area contributed by atoms with Crippen LogP contribution in [0.5, 0.6) is 11.5 Å². The Hall–Kier alpha value is -3.05. The summed E-state index contributed by atoms with van der Waals surface area (Å²) in [5, 5.41) is 20.6. The Kier molecular flexibility index (Phi) is 4.69. The number of nitrogens with zero attached hydrogens (tertiary/aromatic N) is 1. The van der Waals surface area contributed by atoms with Crippen LogP contribution in [0.25, 0.3) is 22.6 Å². The first kappa shape index (κ1) is 18.3. The molecule has 0 spiro atoms. The molecule has 0 radical (unpaired) electrons. The third kappa shape index (κ3) is 3.08. The highest BCUT2D eigenvalue weighted by Crippen LogP contribution is 2.39. The van der Waals surface area contributed by atoms with Crippen molar-refractivity contribution in [1.29, 1.82) is 0 Å². The lowest BCUT2D eigenvalue weighted by Crippen LogP contribution is -2.13. The zero-order valence-electron chi connectivity index (χ0n) is 15.2. The van der Waals surface area contributed by atoms with Crippen LogP contribution in [0.2, 0.25) is 5.02 Å². The molecule has 142 valence electrons. The summed E-state index contributed by atoms with van der Waals surface area (Å²) in [6.07, 6.45) is 4.21. The van der Waals surface area contributed by atoms with Gasteiger partial charge in [-0.2, -0.15) is 0 Å². The van der Waals surface area contributed by atoms with Crippen LogP contribution in [0.3, 0.4) is 0 Å². The predicted octanol–water partition coefficient (Wildman–Crippen LogP) is 5.18. The van der Waals surface area contributed by atoms with Gasteiger partial charge in [0.15, 0.2) is 11.5 Å². The van der Waals surface area contributed by atoms with E-state index in [1.165, 1.54) is 7.11 Å². The number of ether oxygens (including phenoxy) is 1. The summed E-state index contributed by atoms with van der Waals surface area (Å²) in [5.41, 5.74) is 4.17. The summed E-state index contributed by atoms with van der Waals surface area (Å²) in [5.74, 6) is -0.758. The van der Waals surface area contributed by atoms with E-state index in [4.69, 9.17) is 21.3 Å². The highest BCUT2D eigenvalue weighted by molar-refractivity contribution is 6.32. The molecule has 0 aliphatic heterocycles. The van der Waals surface area contributed by atoms with E-state index in [1.807, 2.05) is 24.3 Å². The van der Waals surface area contributed by atoms with Gasteiger partial charge in [0.05, 0.1) is 28.9 Å². The largest absolute Gasteiger partial charge is 0.503 e. The summed E-state index contributed by atoms with van der Waals surface area (Å²) in [6, 6.07) is 10.7. The molecule has 0 bridgehead atoms. The van der Waals surface area contributed by atoms with E-state index in [0.29, 0.717) is 28.6 Å². The molecule has 2 aromatic carbocycles. The van der Waals surface area contributed by atoms with Gasteiger partial charge in [-0.1, -0.05) is 29.8 Å². The number of fused-ring (bicyclic) bond motifs is 2. The molecular weight excluding hydrogens is 378 g/mol. The quantitative estimate of drug-likeness (QED) is 0.638. The molecule has 6 heteroatoms. The molecule has 0 fully saturated rings. The van der Waals surface area contributed by atoms with Gasteiger partial charge in [-0.3, -0.25) is 0 Å². The number of phenols is 1. The first-order valence-electron chi connectivity index (χ1n) is 8.92. The molecule has 4 rings (SSSR count). The number of aromatic nitrogens is 1. The number of methoxy groups -OCH3 is 1. The summed E-state index contributed by atoms with van der Waals surface area (Å²) < 4.78 is 5.18. The van der Waals surface area contributed by atoms with E-state index in [9.17, 15) is 15.0 Å². The topological polar surface area (TPSA) is 79.7 Å². The van der Waals surface area contributed by atoms with E-state index in [-0.39, 0.29) is 16.5 Å². The zero-order valence-corrected chi connectivity index (χ0v) is 16.0. The molecule has 1 aliphatic rings. The number of carboxylic acids is 1. The normalized spacial score (nSPS) is 14.9. The SMILES string of the molecule is COc1cc(/C=C2/CCCc3c2nc2ccccc2c3C(=O)O)cc(Cl)c1O. The number of carboxylic acid groups (broad SMARTS) is 1. The lowest BCUT2D eigenvalue weighted by Gasteiger charge is -2.21. The van der Waals surface area contributed by atoms with Crippen molar-refractivity contribution in [2.24, 2.45) is 0 Å². The second kappa shape index (κ2) is 7.17. The Labute approximate surface area is 166 Å². The molecule has 0 unspecified atom stereocenters. The smallest absolute Gasteiger partial charge is 0.336 e. The van der Waals surface area contributed by atoms with Crippen LogP contribution >= 0.6 is 11.6 Å². The average molecular weight is 396 g/mol. The van der Waals surface area contributed by atoms with Gasteiger partial charge in [0, 0.05) is 5.39 Å². The van der Waals surface area contributed by atoms with Crippen LogP contribution in [0.4, 0.5) is 0 Å². The number of benzene rings is 2. The lowest BCUT2D eigenvalue weighted by molar-refractivity contribution is 0.0697. The van der Waals surface area contributed by atoms with Gasteiger partial charge in [-0.15, -0.1) is 0 Å². The number of pyridine rings is 1. The molecule has 1 aromatic heterocycles. The fourth-order valence-corrected chi connectivity index (χ4v) is 3.97. The van der Waals surface area contributed by atoms with Crippen molar-refractivity contribution < 1.29 is 19.7 Å². The number of hydrogen-bond acceptors (Lipinski definition) is 4. The maximum absolute atomic E-state index is 12.0. The number of carbonyl (C=O) groups is 1. The highest BCUT2D eigenvalue weighted by atomic mass is 35.5. The standard InChI is InChI=1S/C22H18ClNO4/c1-28-18-11-12(10-16(23)21(18)25)9-13-5-4-7-15-19(22(26)27)14-6-2-3-8-17(14)24-20(13)15/h2-3,6,8-11,25H,4-5,7H2,1H3,(H,26,27)/b13-9-. The number of phenolic OH excluding ortho intramolecular Hbond substituents is 1. The second-order valence-corrected chi connectivity index (χ2v) is 7.12. The fraction of sp³-hybridized carbons (Fsp3) is 0.182. The van der Waals surface area contributed by atoms with E-state index < -0.39 is 5.97 Å². The monoisotopic (exact) mass is 395 g/mol. The predicted molar refractivity (Wildman–Crippen MR) is 109 cm³/mol. The first-order valence-corrected chi connectivity index (χ1v) is 9.29. The van der Waals surface area contributed by atoms with Crippen LogP contribution in [0.1, 0.15) is 40.0 Å². The van der Waals surface area contributed by atoms with E-state index >= 15 is 0 Å². The van der Waals surface area contributed by atoms with Gasteiger partial charge >= 0.3 is 5.97 Å². The van der Waals surface area contributed by atoms with Crippen LogP contribution in [-0.2, 0) is 6.42 Å². The number of aromatic carboxylic acids is 1. The maximum Gasteiger partial charge on any atom is 0.336 e. The molecule has 0 amide bonds. The van der Waals surface area contributed by atoms with Gasteiger partial charge in [-0.25, -0.2) is 9.78 Å². The summed E-state index contributed by atoms with van der Waals surface area (Å²) in [7, 11) is 1.46. The van der Waals surface area contributed by atoms with Gasteiger partial charge in [0.1, 0.15) is 0 Å². The number of hydrogen-bond donors (Lipinski definition) is 2. The minimum atomic E-state index is -0.939. The summed E-state index contributed by atoms with van der Waals surface area (Å²) >= 11 is 6.11. The van der Waals surface area contributed by atoms with E-state index in [2.05, 4.69) is 0 Å². The fourth-order valence-electron chi connectivity index (χ4n) is 3.75. The number of allylic oxidation sites excluding steroid dienone is 1. The zero-order chi connectivity index (χ0) is 19.8. The van der Waals surface area contributed by atoms with Crippen molar-refractivity contribution in [3.05, 3.63) is 63.8 Å². The van der Waals surface area contributed by atoms with Crippen LogP contribution in [-0.4, -0.2) is 28.3 Å². The molecule has 3 aromatic rings. The minimum absolute atomic E-state index is 0.104. The van der Waals surface area contributed by atoms with Crippen molar-refractivity contribution in [3.8, 4) is 11.5 Å². The molecule has 0 atom stereocenters. The van der Waals surface area contributed by atoms with Gasteiger partial charge < -0.3 is 14.9 Å². The number of halogens is 1. The minimum Gasteiger partial charge on any atom is -0.503 e. The van der Waals surface area contributed by atoms with Gasteiger partial charge in [0.2, 0.25) is 0 Å². The van der Waals surface area contributed by atoms with Gasteiger partial charge in [-0.05, 0) is 60.2 Å². The van der Waals surface area contributed by atoms with Crippen molar-refractivity contribution >= 4 is 40.1 Å². The average Bonchev–Trinajstić information content (AvgIpc) is 2.68. The van der Waals surface area contributed by atoms with Crippen molar-refractivity contribution in [2.45, 2.75) is 19.3 Å². The molecule has 1 heterocycles. The number of aromatic hydroxyl groups is 1. The molecule has 0 saturated heterocycles. The van der Waals surface area contributed by atoms with E-state index in [1.54, 1.807) is 18.2 Å². The summed E-state index contributed by atoms with van der Waals surface area (Å²) in [4.78, 5) is 16.8. The molecular formula is C22H18ClNO4. The third-order valence-electron chi connectivity index (χ3n) is 5.00. The van der Waals surface area contributed by atoms with Crippen molar-refractivity contribution in [3.63, 3.8) is 0 Å². The second-order valence-electron chi connectivity index (χ2n) is 6.71. The highest BCUT2D eigenvalue weighted by Gasteiger charge is 2.25. The Bertz CT molecular complexity index is 1140. The molecule has 1 aliphatic carbocycles. The number of para-hydroxylation sites is 1. The molecule has 0 saturated carbocycles. The molecule has 2 N–H and O–H groups in total. The number of rotatable bonds is 3. The third-order valence-corrected chi connectivity index (χ3v) is 5.28. The van der Waals surface area contributed by atoms with Crippen molar-refractivity contribution in [1.82, 2.24) is 4.98 Å². The molecule has 28 heavy (non-hydrogen) atoms. The summed E-state index contributed by atoms with van der Waals surface area (Å²) in [6.45, 7) is 0. The Balaban J connectivity index is 1.94. The first-order chi connectivity index (χ1) is 13.5. The van der Waals surface area contributed by atoms with Crippen molar-refractivity contribution in [2.75, 3.05) is 7.11 Å². The Morgan fingerprint density at radius 1 is 1.25 bits per heavy atom.